The average Bonchev–Trinajstić information content (AvgIpc) is 3.08. The smallest absolute Gasteiger partial charge is 0.224 e. The fraction of sp³-hybridized carbons (Fsp3) is 0.571. The fourth-order valence-electron chi connectivity index (χ4n) is 4.66. The van der Waals surface area contributed by atoms with Crippen LogP contribution in [0.15, 0.2) is 30.3 Å². The third-order valence-electron chi connectivity index (χ3n) is 6.30. The maximum atomic E-state index is 12.9. The summed E-state index contributed by atoms with van der Waals surface area (Å²) >= 11 is 0. The first-order chi connectivity index (χ1) is 12.7. The van der Waals surface area contributed by atoms with Gasteiger partial charge in [-0.3, -0.25) is 4.79 Å². The van der Waals surface area contributed by atoms with Gasteiger partial charge in [-0.2, -0.15) is 0 Å². The molecule has 5 nitrogen and oxygen atoms in total. The number of fused-ring (bicyclic) bond motifs is 1. The van der Waals surface area contributed by atoms with Gasteiger partial charge in [-0.1, -0.05) is 49.6 Å². The van der Waals surface area contributed by atoms with Crippen LogP contribution in [0.3, 0.4) is 0 Å². The Balaban J connectivity index is 1.45. The summed E-state index contributed by atoms with van der Waals surface area (Å²) in [4.78, 5) is 12.9. The summed E-state index contributed by atoms with van der Waals surface area (Å²) in [7, 11) is 0. The van der Waals surface area contributed by atoms with Crippen LogP contribution in [0.5, 0.6) is 0 Å². The molecule has 1 atom stereocenters. The van der Waals surface area contributed by atoms with Crippen molar-refractivity contribution < 1.29 is 4.79 Å². The number of rotatable bonds is 4. The number of carbonyl (C=O) groups excluding carboxylic acids is 1. The topological polar surface area (TPSA) is 59.8 Å². The SMILES string of the molecule is Cc1nnc2n1CC(C(=O)NCC1(c3ccccc3)CCCCC1)CC2. The van der Waals surface area contributed by atoms with Gasteiger partial charge in [-0.05, 0) is 31.7 Å². The van der Waals surface area contributed by atoms with E-state index >= 15 is 0 Å². The maximum Gasteiger partial charge on any atom is 0.224 e. The van der Waals surface area contributed by atoms with Crippen molar-refractivity contribution in [1.29, 1.82) is 0 Å². The van der Waals surface area contributed by atoms with E-state index in [1.54, 1.807) is 0 Å². The largest absolute Gasteiger partial charge is 0.355 e. The summed E-state index contributed by atoms with van der Waals surface area (Å²) in [5.74, 6) is 2.13. The van der Waals surface area contributed by atoms with Crippen LogP contribution in [0.1, 0.15) is 55.7 Å². The molecule has 0 spiro atoms. The first kappa shape index (κ1) is 17.3. The molecule has 0 radical (unpaired) electrons. The number of benzene rings is 1. The van der Waals surface area contributed by atoms with E-state index in [0.717, 1.165) is 43.9 Å². The quantitative estimate of drug-likeness (QED) is 0.919. The van der Waals surface area contributed by atoms with Crippen molar-refractivity contribution >= 4 is 5.91 Å². The Bertz CT molecular complexity index is 762. The highest BCUT2D eigenvalue weighted by Gasteiger charge is 2.35. The first-order valence-electron chi connectivity index (χ1n) is 9.90. The lowest BCUT2D eigenvalue weighted by molar-refractivity contribution is -0.126. The molecule has 5 heteroatoms. The Morgan fingerprint density at radius 2 is 1.96 bits per heavy atom. The molecule has 1 amide bonds. The average molecular weight is 352 g/mol. The molecule has 1 saturated carbocycles. The van der Waals surface area contributed by atoms with Gasteiger partial charge in [0.05, 0.1) is 5.92 Å². The number of amides is 1. The van der Waals surface area contributed by atoms with Gasteiger partial charge in [-0.15, -0.1) is 10.2 Å². The second-order valence-corrected chi connectivity index (χ2v) is 7.93. The number of aryl methyl sites for hydroxylation is 2. The zero-order valence-corrected chi connectivity index (χ0v) is 15.6. The lowest BCUT2D eigenvalue weighted by atomic mass is 9.69. The van der Waals surface area contributed by atoms with E-state index in [0.29, 0.717) is 6.54 Å². The second-order valence-electron chi connectivity index (χ2n) is 7.93. The second kappa shape index (κ2) is 7.22. The van der Waals surface area contributed by atoms with Crippen LogP contribution in [0.2, 0.25) is 0 Å². The molecular weight excluding hydrogens is 324 g/mol. The Morgan fingerprint density at radius 3 is 2.73 bits per heavy atom. The summed E-state index contributed by atoms with van der Waals surface area (Å²) in [5, 5.41) is 11.7. The number of nitrogens with one attached hydrogen (secondary N) is 1. The van der Waals surface area contributed by atoms with Crippen molar-refractivity contribution in [3.05, 3.63) is 47.5 Å². The number of nitrogens with zero attached hydrogens (tertiary/aromatic N) is 3. The van der Waals surface area contributed by atoms with Crippen molar-refractivity contribution in [3.63, 3.8) is 0 Å². The minimum Gasteiger partial charge on any atom is -0.355 e. The Kier molecular flexibility index (Phi) is 4.79. The van der Waals surface area contributed by atoms with Gasteiger partial charge in [0.25, 0.3) is 0 Å². The van der Waals surface area contributed by atoms with Crippen LogP contribution in [0.25, 0.3) is 0 Å². The van der Waals surface area contributed by atoms with Crippen LogP contribution in [0, 0.1) is 12.8 Å². The van der Waals surface area contributed by atoms with E-state index in [1.165, 1.54) is 24.8 Å². The molecule has 0 bridgehead atoms. The van der Waals surface area contributed by atoms with Gasteiger partial charge in [0.1, 0.15) is 11.6 Å². The Morgan fingerprint density at radius 1 is 1.19 bits per heavy atom. The van der Waals surface area contributed by atoms with Gasteiger partial charge in [0, 0.05) is 24.9 Å². The molecule has 2 heterocycles. The minimum absolute atomic E-state index is 0.0219. The van der Waals surface area contributed by atoms with Crippen LogP contribution >= 0.6 is 0 Å². The zero-order valence-electron chi connectivity index (χ0n) is 15.6. The van der Waals surface area contributed by atoms with Crippen molar-refractivity contribution in [1.82, 2.24) is 20.1 Å². The van der Waals surface area contributed by atoms with Gasteiger partial charge >= 0.3 is 0 Å². The molecule has 1 aliphatic carbocycles. The highest BCUT2D eigenvalue weighted by molar-refractivity contribution is 5.78. The first-order valence-corrected chi connectivity index (χ1v) is 9.90. The predicted octanol–water partition coefficient (Wildman–Crippen LogP) is 3.17. The van der Waals surface area contributed by atoms with Crippen LogP contribution < -0.4 is 5.32 Å². The molecule has 26 heavy (non-hydrogen) atoms. The monoisotopic (exact) mass is 352 g/mol. The van der Waals surface area contributed by atoms with Crippen molar-refractivity contribution in [2.75, 3.05) is 6.54 Å². The highest BCUT2D eigenvalue weighted by atomic mass is 16.1. The van der Waals surface area contributed by atoms with E-state index in [1.807, 2.05) is 6.92 Å². The Labute approximate surface area is 155 Å². The van der Waals surface area contributed by atoms with E-state index in [2.05, 4.69) is 50.4 Å². The number of carbonyl (C=O) groups is 1. The summed E-state index contributed by atoms with van der Waals surface area (Å²) in [6.45, 7) is 3.42. The number of aromatic nitrogens is 3. The lowest BCUT2D eigenvalue weighted by Crippen LogP contribution is -2.45. The summed E-state index contributed by atoms with van der Waals surface area (Å²) in [5.41, 5.74) is 1.47. The van der Waals surface area contributed by atoms with Gasteiger partial charge < -0.3 is 9.88 Å². The molecule has 1 aromatic heterocycles. The van der Waals surface area contributed by atoms with Crippen LogP contribution in [-0.4, -0.2) is 27.2 Å². The molecule has 1 aromatic carbocycles. The third-order valence-corrected chi connectivity index (χ3v) is 6.30. The number of hydrogen-bond donors (Lipinski definition) is 1. The molecule has 0 saturated heterocycles. The zero-order chi connectivity index (χ0) is 18.0. The van der Waals surface area contributed by atoms with Gasteiger partial charge in [-0.25, -0.2) is 0 Å². The summed E-state index contributed by atoms with van der Waals surface area (Å²) in [6.07, 6.45) is 7.83. The standard InChI is InChI=1S/C21H28N4O/c1-16-23-24-19-11-10-17(14-25(16)19)20(26)22-15-21(12-6-3-7-13-21)18-8-4-2-5-9-18/h2,4-5,8-9,17H,3,6-7,10-15H2,1H3,(H,22,26). The molecular formula is C21H28N4O. The highest BCUT2D eigenvalue weighted by Crippen LogP contribution is 2.39. The van der Waals surface area contributed by atoms with E-state index in [9.17, 15) is 4.79 Å². The fourth-order valence-corrected chi connectivity index (χ4v) is 4.66. The molecule has 1 fully saturated rings. The molecule has 1 N–H and O–H groups in total. The van der Waals surface area contributed by atoms with Crippen LogP contribution in [0.4, 0.5) is 0 Å². The van der Waals surface area contributed by atoms with Crippen molar-refractivity contribution in [2.24, 2.45) is 5.92 Å². The number of hydrogen-bond acceptors (Lipinski definition) is 3. The summed E-state index contributed by atoms with van der Waals surface area (Å²) < 4.78 is 2.10. The minimum atomic E-state index is 0.0219. The molecule has 2 aliphatic rings. The maximum absolute atomic E-state index is 12.9. The normalized spacial score (nSPS) is 21.8. The molecule has 1 unspecified atom stereocenters. The lowest BCUT2D eigenvalue weighted by Gasteiger charge is -2.38. The molecule has 138 valence electrons. The molecule has 4 rings (SSSR count). The van der Waals surface area contributed by atoms with Gasteiger partial charge in [0.15, 0.2) is 0 Å². The summed E-state index contributed by atoms with van der Waals surface area (Å²) in [6, 6.07) is 10.8. The van der Waals surface area contributed by atoms with Crippen molar-refractivity contribution in [2.45, 2.75) is 63.8 Å². The van der Waals surface area contributed by atoms with Crippen LogP contribution in [-0.2, 0) is 23.2 Å². The molecule has 2 aromatic rings. The van der Waals surface area contributed by atoms with E-state index < -0.39 is 0 Å². The van der Waals surface area contributed by atoms with E-state index in [4.69, 9.17) is 0 Å². The van der Waals surface area contributed by atoms with Gasteiger partial charge in [0.2, 0.25) is 5.91 Å². The Hall–Kier alpha value is -2.17. The molecule has 1 aliphatic heterocycles. The third kappa shape index (κ3) is 3.27. The van der Waals surface area contributed by atoms with Crippen molar-refractivity contribution in [3.8, 4) is 0 Å². The van der Waals surface area contributed by atoms with E-state index in [-0.39, 0.29) is 17.2 Å². The predicted molar refractivity (Wildman–Crippen MR) is 101 cm³/mol.